The fraction of sp³-hybridized carbons (Fsp3) is 0.583. The summed E-state index contributed by atoms with van der Waals surface area (Å²) < 4.78 is 10.5. The Bertz CT molecular complexity index is 403. The molecule has 2 atom stereocenters. The second-order valence-electron chi connectivity index (χ2n) is 4.32. The van der Waals surface area contributed by atoms with Crippen molar-refractivity contribution in [2.45, 2.75) is 18.8 Å². The van der Waals surface area contributed by atoms with Gasteiger partial charge in [0.15, 0.2) is 11.5 Å². The average Bonchev–Trinajstić information content (AvgIpc) is 2.68. The summed E-state index contributed by atoms with van der Waals surface area (Å²) in [7, 11) is 3.14. The van der Waals surface area contributed by atoms with Crippen LogP contribution in [0.25, 0.3) is 0 Å². The predicted molar refractivity (Wildman–Crippen MR) is 64.6 cm³/mol. The van der Waals surface area contributed by atoms with Crippen LogP contribution >= 0.6 is 0 Å². The minimum atomic E-state index is -0.693. The topological polar surface area (TPSA) is 75.1 Å². The maximum absolute atomic E-state index is 9.51. The van der Waals surface area contributed by atoms with Crippen molar-refractivity contribution >= 4 is 0 Å². The number of rotatable bonds is 4. The Hall–Kier alpha value is -1.37. The molecule has 0 radical (unpaired) electrons. The fourth-order valence-electron chi connectivity index (χ4n) is 2.15. The maximum atomic E-state index is 9.51. The van der Waals surface area contributed by atoms with Crippen LogP contribution in [0.1, 0.15) is 5.69 Å². The summed E-state index contributed by atoms with van der Waals surface area (Å²) in [5.74, 6) is 1.22. The van der Waals surface area contributed by atoms with Gasteiger partial charge in [-0.1, -0.05) is 0 Å². The van der Waals surface area contributed by atoms with Crippen LogP contribution in [-0.2, 0) is 6.54 Å². The van der Waals surface area contributed by atoms with Gasteiger partial charge in [-0.2, -0.15) is 0 Å². The summed E-state index contributed by atoms with van der Waals surface area (Å²) >= 11 is 0. The van der Waals surface area contributed by atoms with Crippen molar-refractivity contribution in [3.63, 3.8) is 0 Å². The summed E-state index contributed by atoms with van der Waals surface area (Å²) in [6.07, 6.45) is 0.266. The molecule has 2 rings (SSSR count). The number of hydrogen-bond acceptors (Lipinski definition) is 6. The molecule has 1 fully saturated rings. The second-order valence-corrected chi connectivity index (χ2v) is 4.32. The molecule has 2 N–H and O–H groups in total. The lowest BCUT2D eigenvalue weighted by atomic mass is 10.3. The number of β-amino-alcohol motifs (C(OH)–C–C–N with tert-alkyl or cyclic N) is 2. The largest absolute Gasteiger partial charge is 0.493 e. The smallest absolute Gasteiger partial charge is 0.183 e. The molecule has 6 heteroatoms. The minimum Gasteiger partial charge on any atom is -0.493 e. The quantitative estimate of drug-likeness (QED) is 0.764. The van der Waals surface area contributed by atoms with Crippen molar-refractivity contribution in [3.05, 3.63) is 18.0 Å². The third-order valence-electron chi connectivity index (χ3n) is 3.07. The van der Waals surface area contributed by atoms with Gasteiger partial charge in [0.2, 0.25) is 0 Å². The highest BCUT2D eigenvalue weighted by Gasteiger charge is 2.30. The predicted octanol–water partition coefficient (Wildman–Crippen LogP) is -0.364. The van der Waals surface area contributed by atoms with E-state index in [4.69, 9.17) is 9.47 Å². The maximum Gasteiger partial charge on any atom is 0.183 e. The highest BCUT2D eigenvalue weighted by molar-refractivity contribution is 5.42. The molecule has 100 valence electrons. The molecule has 1 aliphatic heterocycles. The number of hydrogen-bond donors (Lipinski definition) is 2. The molecule has 1 aromatic rings. The monoisotopic (exact) mass is 254 g/mol. The molecule has 0 spiro atoms. The number of aliphatic hydroxyl groups is 2. The van der Waals surface area contributed by atoms with Gasteiger partial charge in [0, 0.05) is 31.9 Å². The van der Waals surface area contributed by atoms with E-state index in [1.54, 1.807) is 26.5 Å². The zero-order valence-corrected chi connectivity index (χ0v) is 10.5. The molecule has 6 nitrogen and oxygen atoms in total. The Morgan fingerprint density at radius 3 is 2.50 bits per heavy atom. The fourth-order valence-corrected chi connectivity index (χ4v) is 2.15. The molecular formula is C12H18N2O4. The normalized spacial score (nSPS) is 24.2. The third kappa shape index (κ3) is 2.55. The summed E-state index contributed by atoms with van der Waals surface area (Å²) in [4.78, 5) is 6.19. The van der Waals surface area contributed by atoms with Crippen LogP contribution in [0, 0.1) is 0 Å². The van der Waals surface area contributed by atoms with Gasteiger partial charge in [-0.15, -0.1) is 0 Å². The Morgan fingerprint density at radius 2 is 1.94 bits per heavy atom. The zero-order valence-electron chi connectivity index (χ0n) is 10.5. The molecule has 0 aliphatic carbocycles. The number of aromatic nitrogens is 1. The van der Waals surface area contributed by atoms with Crippen LogP contribution in [0.2, 0.25) is 0 Å². The van der Waals surface area contributed by atoms with Gasteiger partial charge in [0.25, 0.3) is 0 Å². The van der Waals surface area contributed by atoms with Crippen molar-refractivity contribution in [3.8, 4) is 11.5 Å². The summed E-state index contributed by atoms with van der Waals surface area (Å²) in [6, 6.07) is 1.73. The lowest BCUT2D eigenvalue weighted by molar-refractivity contribution is 0.0572. The Morgan fingerprint density at radius 1 is 1.28 bits per heavy atom. The molecule has 0 aromatic carbocycles. The van der Waals surface area contributed by atoms with Gasteiger partial charge in [-0.3, -0.25) is 9.88 Å². The van der Waals surface area contributed by atoms with Crippen molar-refractivity contribution in [2.75, 3.05) is 27.3 Å². The van der Waals surface area contributed by atoms with Crippen LogP contribution in [0.4, 0.5) is 0 Å². The highest BCUT2D eigenvalue weighted by atomic mass is 16.5. The standard InChI is InChI=1S/C12H18N2O4/c1-17-11-3-4-13-8(12(11)18-2)5-14-6-9(15)10(16)7-14/h3-4,9-10,15-16H,5-7H2,1-2H3/t9-,10+. The number of likely N-dealkylation sites (tertiary alicyclic amines) is 1. The molecule has 18 heavy (non-hydrogen) atoms. The van der Waals surface area contributed by atoms with Crippen molar-refractivity contribution in [1.29, 1.82) is 0 Å². The SMILES string of the molecule is COc1ccnc(CN2C[C@@H](O)[C@@H](O)C2)c1OC. The summed E-state index contributed by atoms with van der Waals surface area (Å²) in [5.41, 5.74) is 0.734. The molecule has 2 heterocycles. The summed E-state index contributed by atoms with van der Waals surface area (Å²) in [5, 5.41) is 19.0. The van der Waals surface area contributed by atoms with Crippen LogP contribution < -0.4 is 9.47 Å². The van der Waals surface area contributed by atoms with E-state index >= 15 is 0 Å². The molecule has 0 bridgehead atoms. The molecule has 1 saturated heterocycles. The van der Waals surface area contributed by atoms with Gasteiger partial charge < -0.3 is 19.7 Å². The number of methoxy groups -OCH3 is 2. The van der Waals surface area contributed by atoms with Gasteiger partial charge in [0.05, 0.1) is 26.4 Å². The van der Waals surface area contributed by atoms with E-state index in [1.807, 2.05) is 4.90 Å². The Kier molecular flexibility index (Phi) is 4.00. The lowest BCUT2D eigenvalue weighted by Gasteiger charge is -2.17. The van der Waals surface area contributed by atoms with E-state index in [-0.39, 0.29) is 0 Å². The van der Waals surface area contributed by atoms with Crippen LogP contribution in [0.5, 0.6) is 11.5 Å². The van der Waals surface area contributed by atoms with Crippen molar-refractivity contribution in [2.24, 2.45) is 0 Å². The van der Waals surface area contributed by atoms with E-state index in [0.717, 1.165) is 5.69 Å². The highest BCUT2D eigenvalue weighted by Crippen LogP contribution is 2.30. The first-order valence-corrected chi connectivity index (χ1v) is 5.80. The zero-order chi connectivity index (χ0) is 13.1. The Labute approximate surface area is 106 Å². The van der Waals surface area contributed by atoms with E-state index < -0.39 is 12.2 Å². The molecule has 0 unspecified atom stereocenters. The third-order valence-corrected chi connectivity index (χ3v) is 3.07. The van der Waals surface area contributed by atoms with E-state index in [1.165, 1.54) is 0 Å². The Balaban J connectivity index is 2.14. The van der Waals surface area contributed by atoms with E-state index in [9.17, 15) is 10.2 Å². The first kappa shape index (κ1) is 13.1. The van der Waals surface area contributed by atoms with E-state index in [2.05, 4.69) is 4.98 Å². The molecule has 0 saturated carbocycles. The number of aliphatic hydroxyl groups excluding tert-OH is 2. The molecule has 0 amide bonds. The van der Waals surface area contributed by atoms with Crippen LogP contribution in [-0.4, -0.2) is 59.6 Å². The van der Waals surface area contributed by atoms with Gasteiger partial charge >= 0.3 is 0 Å². The average molecular weight is 254 g/mol. The first-order chi connectivity index (χ1) is 8.65. The molecular weight excluding hydrogens is 236 g/mol. The summed E-state index contributed by atoms with van der Waals surface area (Å²) in [6.45, 7) is 1.38. The first-order valence-electron chi connectivity index (χ1n) is 5.80. The number of nitrogens with zero attached hydrogens (tertiary/aromatic N) is 2. The number of ether oxygens (including phenoxy) is 2. The van der Waals surface area contributed by atoms with Crippen molar-refractivity contribution < 1.29 is 19.7 Å². The molecule has 1 aliphatic rings. The second kappa shape index (κ2) is 5.51. The van der Waals surface area contributed by atoms with Crippen LogP contribution in [0.3, 0.4) is 0 Å². The van der Waals surface area contributed by atoms with Gasteiger partial charge in [0.1, 0.15) is 5.69 Å². The van der Waals surface area contributed by atoms with Crippen LogP contribution in [0.15, 0.2) is 12.3 Å². The van der Waals surface area contributed by atoms with Gasteiger partial charge in [-0.05, 0) is 0 Å². The van der Waals surface area contributed by atoms with Gasteiger partial charge in [-0.25, -0.2) is 0 Å². The number of pyridine rings is 1. The van der Waals surface area contributed by atoms with E-state index in [0.29, 0.717) is 31.1 Å². The minimum absolute atomic E-state index is 0.434. The molecule has 1 aromatic heterocycles. The lowest BCUT2D eigenvalue weighted by Crippen LogP contribution is -2.22. The van der Waals surface area contributed by atoms with Crippen molar-refractivity contribution in [1.82, 2.24) is 9.88 Å².